The molecule has 1 N–H and O–H groups in total. The Labute approximate surface area is 120 Å². The van der Waals surface area contributed by atoms with Gasteiger partial charge in [0.2, 0.25) is 0 Å². The molecule has 0 atom stereocenters. The summed E-state index contributed by atoms with van der Waals surface area (Å²) in [7, 11) is 0. The Kier molecular flexibility index (Phi) is 5.11. The van der Waals surface area contributed by atoms with E-state index in [1.54, 1.807) is 0 Å². The molecule has 2 aromatic rings. The largest absolute Gasteiger partial charge is 0.317 e. The fourth-order valence-corrected chi connectivity index (χ4v) is 2.64. The number of hydrogen-bond donors (Lipinski definition) is 1. The average molecular weight is 278 g/mol. The van der Waals surface area contributed by atoms with Crippen molar-refractivity contribution in [2.24, 2.45) is 5.92 Å². The molecule has 2 heterocycles. The average Bonchev–Trinajstić information content (AvgIpc) is 2.46. The number of nitrogens with one attached hydrogen (secondary N) is 1. The summed E-state index contributed by atoms with van der Waals surface area (Å²) in [5.41, 5.74) is 3.13. The highest BCUT2D eigenvalue weighted by atomic mass is 35.5. The molecule has 1 aliphatic rings. The molecule has 0 saturated carbocycles. The smallest absolute Gasteiger partial charge is 0.0890 e. The third-order valence-corrected chi connectivity index (χ3v) is 3.77. The van der Waals surface area contributed by atoms with Gasteiger partial charge in [-0.1, -0.05) is 12.1 Å². The first-order chi connectivity index (χ1) is 8.92. The number of piperidine rings is 1. The predicted octanol–water partition coefficient (Wildman–Crippen LogP) is 2.98. The molecule has 1 aromatic heterocycles. The minimum Gasteiger partial charge on any atom is -0.317 e. The summed E-state index contributed by atoms with van der Waals surface area (Å²) in [6, 6.07) is 8.08. The first-order valence-corrected chi connectivity index (χ1v) is 6.83. The molecule has 0 spiro atoms. The van der Waals surface area contributed by atoms with E-state index in [4.69, 9.17) is 0 Å². The molecule has 3 rings (SSSR count). The van der Waals surface area contributed by atoms with Crippen LogP contribution in [0.4, 0.5) is 0 Å². The third kappa shape index (κ3) is 3.64. The molecule has 0 unspecified atom stereocenters. The Morgan fingerprint density at radius 2 is 1.84 bits per heavy atom. The van der Waals surface area contributed by atoms with E-state index < -0.39 is 0 Å². The molecule has 102 valence electrons. The number of benzene rings is 1. The van der Waals surface area contributed by atoms with Crippen molar-refractivity contribution in [1.29, 1.82) is 0 Å². The van der Waals surface area contributed by atoms with Crippen molar-refractivity contribution in [3.63, 3.8) is 0 Å². The van der Waals surface area contributed by atoms with E-state index in [0.717, 1.165) is 29.1 Å². The zero-order valence-corrected chi connectivity index (χ0v) is 11.8. The van der Waals surface area contributed by atoms with Gasteiger partial charge in [-0.2, -0.15) is 0 Å². The highest BCUT2D eigenvalue weighted by Gasteiger charge is 2.13. The summed E-state index contributed by atoms with van der Waals surface area (Å²) in [5.74, 6) is 0.861. The first kappa shape index (κ1) is 14.2. The zero-order chi connectivity index (χ0) is 12.2. The summed E-state index contributed by atoms with van der Waals surface area (Å²) in [6.07, 6.45) is 6.85. The Hall–Kier alpha value is -1.19. The Bertz CT molecular complexity index is 524. The SMILES string of the molecule is Cl.c1ccc2nc(CCC3CCNCC3)cnc2c1. The summed E-state index contributed by atoms with van der Waals surface area (Å²) >= 11 is 0. The maximum atomic E-state index is 4.68. The van der Waals surface area contributed by atoms with Gasteiger partial charge in [-0.05, 0) is 56.8 Å². The van der Waals surface area contributed by atoms with Crippen LogP contribution in [0.1, 0.15) is 25.0 Å². The van der Waals surface area contributed by atoms with Gasteiger partial charge in [0, 0.05) is 6.20 Å². The maximum Gasteiger partial charge on any atom is 0.0890 e. The Balaban J connectivity index is 0.00000133. The van der Waals surface area contributed by atoms with Crippen LogP contribution in [-0.2, 0) is 6.42 Å². The lowest BCUT2D eigenvalue weighted by molar-refractivity contribution is 0.353. The summed E-state index contributed by atoms with van der Waals surface area (Å²) in [4.78, 5) is 9.15. The first-order valence-electron chi connectivity index (χ1n) is 6.83. The van der Waals surface area contributed by atoms with Gasteiger partial charge >= 0.3 is 0 Å². The van der Waals surface area contributed by atoms with E-state index in [0.29, 0.717) is 0 Å². The topological polar surface area (TPSA) is 37.8 Å². The molecule has 0 radical (unpaired) electrons. The third-order valence-electron chi connectivity index (χ3n) is 3.77. The molecule has 4 heteroatoms. The van der Waals surface area contributed by atoms with E-state index in [2.05, 4.69) is 15.3 Å². The number of aryl methyl sites for hydroxylation is 1. The van der Waals surface area contributed by atoms with Crippen molar-refractivity contribution in [1.82, 2.24) is 15.3 Å². The molecule has 0 bridgehead atoms. The molecular weight excluding hydrogens is 258 g/mol. The second-order valence-corrected chi connectivity index (χ2v) is 5.08. The number of para-hydroxylation sites is 2. The van der Waals surface area contributed by atoms with Crippen LogP contribution in [0, 0.1) is 5.92 Å². The minimum atomic E-state index is 0. The second-order valence-electron chi connectivity index (χ2n) is 5.08. The van der Waals surface area contributed by atoms with E-state index in [1.165, 1.54) is 32.4 Å². The molecule has 1 fully saturated rings. The molecule has 3 nitrogen and oxygen atoms in total. The van der Waals surface area contributed by atoms with Crippen molar-refractivity contribution in [3.8, 4) is 0 Å². The molecule has 1 aliphatic heterocycles. The lowest BCUT2D eigenvalue weighted by Gasteiger charge is -2.22. The molecule has 1 saturated heterocycles. The summed E-state index contributed by atoms with van der Waals surface area (Å²) < 4.78 is 0. The normalized spacial score (nSPS) is 16.2. The van der Waals surface area contributed by atoms with Gasteiger partial charge in [-0.25, -0.2) is 4.98 Å². The number of hydrogen-bond acceptors (Lipinski definition) is 3. The van der Waals surface area contributed by atoms with Gasteiger partial charge in [-0.15, -0.1) is 12.4 Å². The number of halogens is 1. The van der Waals surface area contributed by atoms with Crippen LogP contribution in [0.2, 0.25) is 0 Å². The van der Waals surface area contributed by atoms with Crippen LogP contribution < -0.4 is 5.32 Å². The molecule has 0 amide bonds. The molecule has 1 aromatic carbocycles. The maximum absolute atomic E-state index is 4.68. The van der Waals surface area contributed by atoms with Crippen LogP contribution in [0.15, 0.2) is 30.5 Å². The van der Waals surface area contributed by atoms with E-state index in [1.807, 2.05) is 30.5 Å². The lowest BCUT2D eigenvalue weighted by atomic mass is 9.92. The van der Waals surface area contributed by atoms with E-state index in [-0.39, 0.29) is 12.4 Å². The van der Waals surface area contributed by atoms with E-state index >= 15 is 0 Å². The van der Waals surface area contributed by atoms with Gasteiger partial charge in [-0.3, -0.25) is 4.98 Å². The van der Waals surface area contributed by atoms with Gasteiger partial charge in [0.15, 0.2) is 0 Å². The zero-order valence-electron chi connectivity index (χ0n) is 11.0. The fraction of sp³-hybridized carbons (Fsp3) is 0.467. The minimum absolute atomic E-state index is 0. The van der Waals surface area contributed by atoms with Crippen LogP contribution in [-0.4, -0.2) is 23.1 Å². The number of aromatic nitrogens is 2. The quantitative estimate of drug-likeness (QED) is 0.937. The van der Waals surface area contributed by atoms with Gasteiger partial charge in [0.05, 0.1) is 16.7 Å². The van der Waals surface area contributed by atoms with Crippen molar-refractivity contribution in [2.45, 2.75) is 25.7 Å². The number of nitrogens with zero attached hydrogens (tertiary/aromatic N) is 2. The van der Waals surface area contributed by atoms with Crippen molar-refractivity contribution in [3.05, 3.63) is 36.2 Å². The molecule has 19 heavy (non-hydrogen) atoms. The standard InChI is InChI=1S/C15H19N3.ClH/c1-2-4-15-14(3-1)17-11-13(18-15)6-5-12-7-9-16-10-8-12;/h1-4,11-12,16H,5-10H2;1H. The van der Waals surface area contributed by atoms with Crippen LogP contribution in [0.5, 0.6) is 0 Å². The number of fused-ring (bicyclic) bond motifs is 1. The monoisotopic (exact) mass is 277 g/mol. The van der Waals surface area contributed by atoms with Crippen molar-refractivity contribution in [2.75, 3.05) is 13.1 Å². The second kappa shape index (κ2) is 6.83. The summed E-state index contributed by atoms with van der Waals surface area (Å²) in [6.45, 7) is 2.35. The van der Waals surface area contributed by atoms with Gasteiger partial charge in [0.25, 0.3) is 0 Å². The number of rotatable bonds is 3. The fourth-order valence-electron chi connectivity index (χ4n) is 2.64. The van der Waals surface area contributed by atoms with Crippen molar-refractivity contribution < 1.29 is 0 Å². The Morgan fingerprint density at radius 3 is 2.63 bits per heavy atom. The highest BCUT2D eigenvalue weighted by molar-refractivity contribution is 5.85. The Morgan fingerprint density at radius 1 is 1.11 bits per heavy atom. The van der Waals surface area contributed by atoms with Gasteiger partial charge in [0.1, 0.15) is 0 Å². The van der Waals surface area contributed by atoms with E-state index in [9.17, 15) is 0 Å². The van der Waals surface area contributed by atoms with Crippen LogP contribution in [0.3, 0.4) is 0 Å². The predicted molar refractivity (Wildman–Crippen MR) is 80.7 cm³/mol. The lowest BCUT2D eigenvalue weighted by Crippen LogP contribution is -2.27. The molecular formula is C15H20ClN3. The molecule has 0 aliphatic carbocycles. The summed E-state index contributed by atoms with van der Waals surface area (Å²) in [5, 5.41) is 3.41. The van der Waals surface area contributed by atoms with Crippen LogP contribution in [0.25, 0.3) is 11.0 Å². The van der Waals surface area contributed by atoms with Gasteiger partial charge < -0.3 is 5.32 Å². The van der Waals surface area contributed by atoms with Crippen molar-refractivity contribution >= 4 is 23.4 Å². The van der Waals surface area contributed by atoms with Crippen LogP contribution >= 0.6 is 12.4 Å². The highest BCUT2D eigenvalue weighted by Crippen LogP contribution is 2.18.